The van der Waals surface area contributed by atoms with Crippen LogP contribution in [0.25, 0.3) is 0 Å². The highest BCUT2D eigenvalue weighted by Gasteiger charge is 2.13. The summed E-state index contributed by atoms with van der Waals surface area (Å²) in [7, 11) is 1.63. The van der Waals surface area contributed by atoms with Crippen molar-refractivity contribution in [1.29, 1.82) is 0 Å². The number of ether oxygens (including phenoxy) is 4. The number of nitrogens with one attached hydrogen (secondary N) is 2. The molecule has 0 saturated carbocycles. The van der Waals surface area contributed by atoms with Crippen LogP contribution in [-0.4, -0.2) is 88.8 Å². The number of nitrogens with two attached hydrogens (primary N) is 1. The summed E-state index contributed by atoms with van der Waals surface area (Å²) in [6.45, 7) is 3.15. The molecule has 0 unspecified atom stereocenters. The number of carbonyl (C=O) groups is 3. The highest BCUT2D eigenvalue weighted by atomic mass is 16.5. The zero-order chi connectivity index (χ0) is 25.7. The van der Waals surface area contributed by atoms with Crippen molar-refractivity contribution in [2.24, 2.45) is 5.73 Å². The fourth-order valence-corrected chi connectivity index (χ4v) is 2.90. The molecule has 1 aromatic carbocycles. The normalized spacial score (nSPS) is 11.6. The van der Waals surface area contributed by atoms with Crippen molar-refractivity contribution in [1.82, 2.24) is 10.6 Å². The molecule has 0 aromatic heterocycles. The van der Waals surface area contributed by atoms with Gasteiger partial charge in [-0.25, -0.2) is 0 Å². The lowest BCUT2D eigenvalue weighted by molar-refractivity contribution is -0.138. The maximum absolute atomic E-state index is 11.9. The summed E-state index contributed by atoms with van der Waals surface area (Å²) >= 11 is 0. The van der Waals surface area contributed by atoms with Crippen molar-refractivity contribution in [3.05, 3.63) is 29.8 Å². The molecule has 0 aliphatic heterocycles. The molecule has 0 heterocycles. The molecule has 0 bridgehead atoms. The molecule has 0 aliphatic rings. The van der Waals surface area contributed by atoms with E-state index >= 15 is 0 Å². The number of aryl methyl sites for hydroxylation is 1. The van der Waals surface area contributed by atoms with Gasteiger partial charge in [0.1, 0.15) is 11.8 Å². The van der Waals surface area contributed by atoms with Crippen LogP contribution in [0, 0.1) is 0 Å². The van der Waals surface area contributed by atoms with E-state index in [4.69, 9.17) is 29.8 Å². The van der Waals surface area contributed by atoms with Gasteiger partial charge in [0.15, 0.2) is 0 Å². The number of carboxylic acids is 1. The first kappa shape index (κ1) is 30.3. The third kappa shape index (κ3) is 16.5. The van der Waals surface area contributed by atoms with Crippen LogP contribution < -0.4 is 21.1 Å². The first-order valence-electron chi connectivity index (χ1n) is 11.8. The van der Waals surface area contributed by atoms with Gasteiger partial charge >= 0.3 is 5.97 Å². The average molecular weight is 498 g/mol. The molecule has 0 spiro atoms. The second-order valence-electron chi connectivity index (χ2n) is 7.72. The molecular weight excluding hydrogens is 458 g/mol. The molecule has 0 fully saturated rings. The maximum atomic E-state index is 11.9. The Balaban J connectivity index is 1.83. The molecule has 1 aromatic rings. The summed E-state index contributed by atoms with van der Waals surface area (Å²) in [5.41, 5.74) is 6.51. The number of benzene rings is 1. The van der Waals surface area contributed by atoms with Gasteiger partial charge < -0.3 is 40.4 Å². The van der Waals surface area contributed by atoms with Crippen LogP contribution in [0.1, 0.15) is 31.2 Å². The lowest BCUT2D eigenvalue weighted by atomic mass is 10.1. The van der Waals surface area contributed by atoms with Crippen molar-refractivity contribution in [2.75, 3.05) is 59.8 Å². The van der Waals surface area contributed by atoms with E-state index in [1.54, 1.807) is 7.11 Å². The van der Waals surface area contributed by atoms with Gasteiger partial charge in [0.25, 0.3) is 0 Å². The monoisotopic (exact) mass is 497 g/mol. The number of rotatable bonds is 21. The molecule has 1 rings (SSSR count). The minimum Gasteiger partial charge on any atom is -0.497 e. The van der Waals surface area contributed by atoms with Crippen molar-refractivity contribution < 1.29 is 38.4 Å². The predicted octanol–water partition coefficient (Wildman–Crippen LogP) is 0.492. The number of aliphatic carboxylic acids is 1. The molecule has 11 nitrogen and oxygen atoms in total. The molecule has 0 saturated heterocycles. The van der Waals surface area contributed by atoms with Crippen LogP contribution in [0.15, 0.2) is 24.3 Å². The Morgan fingerprint density at radius 2 is 1.37 bits per heavy atom. The van der Waals surface area contributed by atoms with Gasteiger partial charge in [-0.05, 0) is 37.0 Å². The van der Waals surface area contributed by atoms with E-state index in [1.807, 2.05) is 24.3 Å². The predicted molar refractivity (Wildman–Crippen MR) is 129 cm³/mol. The van der Waals surface area contributed by atoms with Gasteiger partial charge in [0.2, 0.25) is 11.8 Å². The van der Waals surface area contributed by atoms with E-state index in [0.29, 0.717) is 59.2 Å². The van der Waals surface area contributed by atoms with Crippen LogP contribution in [0.5, 0.6) is 5.75 Å². The summed E-state index contributed by atoms with van der Waals surface area (Å²) in [6.07, 6.45) is 2.24. The van der Waals surface area contributed by atoms with Gasteiger partial charge in [-0.1, -0.05) is 12.1 Å². The number of amides is 2. The van der Waals surface area contributed by atoms with E-state index in [0.717, 1.165) is 18.6 Å². The van der Waals surface area contributed by atoms with Crippen LogP contribution in [-0.2, 0) is 35.0 Å². The minimum atomic E-state index is -1.12. The van der Waals surface area contributed by atoms with Crippen molar-refractivity contribution >= 4 is 17.8 Å². The lowest BCUT2D eigenvalue weighted by Crippen LogP contribution is -2.33. The van der Waals surface area contributed by atoms with E-state index in [-0.39, 0.29) is 24.7 Å². The fourth-order valence-electron chi connectivity index (χ4n) is 2.90. The smallest absolute Gasteiger partial charge is 0.320 e. The van der Waals surface area contributed by atoms with E-state index in [9.17, 15) is 14.4 Å². The minimum absolute atomic E-state index is 0.00976. The average Bonchev–Trinajstić information content (AvgIpc) is 2.85. The van der Waals surface area contributed by atoms with Crippen LogP contribution in [0.4, 0.5) is 0 Å². The van der Waals surface area contributed by atoms with Gasteiger partial charge in [-0.3, -0.25) is 14.4 Å². The molecule has 0 aliphatic carbocycles. The summed E-state index contributed by atoms with van der Waals surface area (Å²) in [5.74, 6) is -0.549. The number of methoxy groups -OCH3 is 1. The third-order valence-corrected chi connectivity index (χ3v) is 4.91. The first-order valence-corrected chi connectivity index (χ1v) is 11.8. The molecule has 1 atom stereocenters. The molecule has 2 amide bonds. The molecular formula is C24H39N3O8. The summed E-state index contributed by atoms with van der Waals surface area (Å²) in [4.78, 5) is 34.0. The summed E-state index contributed by atoms with van der Waals surface area (Å²) in [6, 6.07) is 6.81. The van der Waals surface area contributed by atoms with E-state index in [2.05, 4.69) is 10.6 Å². The quantitative estimate of drug-likeness (QED) is 0.177. The molecule has 5 N–H and O–H groups in total. The number of carboxylic acid groups (broad SMARTS) is 1. The van der Waals surface area contributed by atoms with Crippen LogP contribution in [0.2, 0.25) is 0 Å². The Hall–Kier alpha value is -2.73. The number of hydrogen-bond acceptors (Lipinski definition) is 8. The molecule has 0 radical (unpaired) electrons. The molecule has 35 heavy (non-hydrogen) atoms. The van der Waals surface area contributed by atoms with Crippen molar-refractivity contribution in [2.45, 2.75) is 38.1 Å². The largest absolute Gasteiger partial charge is 0.497 e. The Morgan fingerprint density at radius 3 is 1.89 bits per heavy atom. The van der Waals surface area contributed by atoms with Gasteiger partial charge in [-0.15, -0.1) is 0 Å². The third-order valence-electron chi connectivity index (χ3n) is 4.91. The lowest BCUT2D eigenvalue weighted by Gasteiger charge is -2.09. The van der Waals surface area contributed by atoms with Gasteiger partial charge in [-0.2, -0.15) is 0 Å². The topological polar surface area (TPSA) is 158 Å². The molecule has 11 heteroatoms. The van der Waals surface area contributed by atoms with Crippen molar-refractivity contribution in [3.63, 3.8) is 0 Å². The molecule has 198 valence electrons. The highest BCUT2D eigenvalue weighted by molar-refractivity contribution is 5.78. The summed E-state index contributed by atoms with van der Waals surface area (Å²) < 4.78 is 21.3. The Labute approximate surface area is 206 Å². The Bertz CT molecular complexity index is 730. The zero-order valence-electron chi connectivity index (χ0n) is 20.5. The summed E-state index contributed by atoms with van der Waals surface area (Å²) in [5, 5.41) is 14.1. The number of hydrogen-bond donors (Lipinski definition) is 4. The maximum Gasteiger partial charge on any atom is 0.320 e. The highest BCUT2D eigenvalue weighted by Crippen LogP contribution is 2.13. The van der Waals surface area contributed by atoms with E-state index in [1.165, 1.54) is 5.56 Å². The van der Waals surface area contributed by atoms with Gasteiger partial charge in [0, 0.05) is 25.9 Å². The van der Waals surface area contributed by atoms with E-state index < -0.39 is 12.0 Å². The second-order valence-corrected chi connectivity index (χ2v) is 7.72. The SMILES string of the molecule is COc1ccc(CCCC(=O)NCCOCCOCCOCCNC(=O)CC[C@H](N)C(=O)O)cc1. The Morgan fingerprint density at radius 1 is 0.857 bits per heavy atom. The van der Waals surface area contributed by atoms with Crippen LogP contribution >= 0.6 is 0 Å². The van der Waals surface area contributed by atoms with Crippen LogP contribution in [0.3, 0.4) is 0 Å². The fraction of sp³-hybridized carbons (Fsp3) is 0.625. The second kappa shape index (κ2) is 19.6. The standard InChI is InChI=1S/C24H39N3O8/c1-32-20-7-5-19(6-8-20)3-2-4-22(28)26-11-13-33-15-17-35-18-16-34-14-12-27-23(29)10-9-21(25)24(30)31/h5-8,21H,2-4,9-18,25H2,1H3,(H,26,28)(H,27,29)(H,30,31)/t21-/m0/s1. The first-order chi connectivity index (χ1) is 16.9. The van der Waals surface area contributed by atoms with Gasteiger partial charge in [0.05, 0.1) is 46.8 Å². The van der Waals surface area contributed by atoms with Crippen molar-refractivity contribution in [3.8, 4) is 5.75 Å². The Kier molecular flexibility index (Phi) is 16.9. The number of carbonyl (C=O) groups excluding carboxylic acids is 2. The zero-order valence-corrected chi connectivity index (χ0v) is 20.5.